The zero-order chi connectivity index (χ0) is 6.24. The first-order valence-corrected chi connectivity index (χ1v) is 3.74. The summed E-state index contributed by atoms with van der Waals surface area (Å²) in [7, 11) is 1.65. The van der Waals surface area contributed by atoms with E-state index in [-0.39, 0.29) is 0 Å². The summed E-state index contributed by atoms with van der Waals surface area (Å²) >= 11 is 1.72. The summed E-state index contributed by atoms with van der Waals surface area (Å²) in [4.78, 5) is 0. The topological polar surface area (TPSA) is 9.23 Å². The van der Waals surface area contributed by atoms with Gasteiger partial charge in [0.1, 0.15) is 6.61 Å². The van der Waals surface area contributed by atoms with Crippen molar-refractivity contribution < 1.29 is 4.74 Å². The number of methoxy groups -OCH3 is 1. The van der Waals surface area contributed by atoms with Gasteiger partial charge in [0.15, 0.2) is 0 Å². The average molecular weight is 130 g/mol. The van der Waals surface area contributed by atoms with Gasteiger partial charge in [0.2, 0.25) is 0 Å². The van der Waals surface area contributed by atoms with Gasteiger partial charge in [0.05, 0.1) is 5.75 Å². The van der Waals surface area contributed by atoms with Gasteiger partial charge in [-0.3, -0.25) is 0 Å². The van der Waals surface area contributed by atoms with E-state index in [0.29, 0.717) is 6.61 Å². The third kappa shape index (κ3) is 5.87. The Morgan fingerprint density at radius 3 is 2.75 bits per heavy atom. The molecule has 0 radical (unpaired) electrons. The third-order valence-corrected chi connectivity index (χ3v) is 0.991. The summed E-state index contributed by atoms with van der Waals surface area (Å²) in [5, 5.41) is 0. The van der Waals surface area contributed by atoms with Crippen molar-refractivity contribution in [3.8, 4) is 11.8 Å². The fourth-order valence-corrected chi connectivity index (χ4v) is 0.493. The molecule has 0 saturated heterocycles. The second kappa shape index (κ2) is 6.87. The molecule has 0 aromatic rings. The first-order valence-electron chi connectivity index (χ1n) is 2.35. The van der Waals surface area contributed by atoms with Crippen molar-refractivity contribution in [2.45, 2.75) is 0 Å². The maximum atomic E-state index is 4.71. The molecule has 0 bridgehead atoms. The predicted octanol–water partition coefficient (Wildman–Crippen LogP) is 0.999. The normalized spacial score (nSPS) is 7.75. The van der Waals surface area contributed by atoms with Gasteiger partial charge in [-0.25, -0.2) is 0 Å². The minimum absolute atomic E-state index is 0.556. The Bertz CT molecular complexity index is 80.4. The van der Waals surface area contributed by atoms with Crippen LogP contribution in [0.25, 0.3) is 0 Å². The van der Waals surface area contributed by atoms with Gasteiger partial charge in [0, 0.05) is 7.11 Å². The Labute approximate surface area is 54.8 Å². The summed E-state index contributed by atoms with van der Waals surface area (Å²) in [6, 6.07) is 0. The maximum absolute atomic E-state index is 4.71. The van der Waals surface area contributed by atoms with E-state index < -0.39 is 0 Å². The molecular formula is C6H10OS. The fraction of sp³-hybridized carbons (Fsp3) is 0.667. The van der Waals surface area contributed by atoms with E-state index in [1.165, 1.54) is 0 Å². The van der Waals surface area contributed by atoms with Gasteiger partial charge in [-0.15, -0.1) is 0 Å². The lowest BCUT2D eigenvalue weighted by Crippen LogP contribution is -1.81. The van der Waals surface area contributed by atoms with Gasteiger partial charge in [-0.05, 0) is 6.26 Å². The van der Waals surface area contributed by atoms with Crippen molar-refractivity contribution in [3.05, 3.63) is 0 Å². The monoisotopic (exact) mass is 130 g/mol. The van der Waals surface area contributed by atoms with Crippen molar-refractivity contribution in [1.29, 1.82) is 0 Å². The molecule has 0 aromatic carbocycles. The molecule has 0 heterocycles. The first kappa shape index (κ1) is 7.87. The fourth-order valence-electron chi connectivity index (χ4n) is 0.246. The van der Waals surface area contributed by atoms with Gasteiger partial charge in [0.25, 0.3) is 0 Å². The number of ether oxygens (including phenoxy) is 1. The predicted molar refractivity (Wildman–Crippen MR) is 38.0 cm³/mol. The van der Waals surface area contributed by atoms with Crippen LogP contribution in [0.1, 0.15) is 0 Å². The van der Waals surface area contributed by atoms with Crippen molar-refractivity contribution in [3.63, 3.8) is 0 Å². The average Bonchev–Trinajstić information content (AvgIpc) is 1.81. The van der Waals surface area contributed by atoms with Crippen molar-refractivity contribution in [1.82, 2.24) is 0 Å². The highest BCUT2D eigenvalue weighted by Crippen LogP contribution is 1.85. The summed E-state index contributed by atoms with van der Waals surface area (Å²) in [6.45, 7) is 0.556. The summed E-state index contributed by atoms with van der Waals surface area (Å²) in [5.74, 6) is 6.67. The van der Waals surface area contributed by atoms with Crippen molar-refractivity contribution >= 4 is 11.8 Å². The second-order valence-corrected chi connectivity index (χ2v) is 2.09. The number of thioether (sulfide) groups is 1. The number of hydrogen-bond donors (Lipinski definition) is 0. The molecule has 0 N–H and O–H groups in total. The van der Waals surface area contributed by atoms with Crippen LogP contribution in [0, 0.1) is 11.8 Å². The quantitative estimate of drug-likeness (QED) is 0.516. The molecule has 0 amide bonds. The summed E-state index contributed by atoms with van der Waals surface area (Å²) in [5.41, 5.74) is 0. The molecule has 46 valence electrons. The Morgan fingerprint density at radius 2 is 2.25 bits per heavy atom. The molecule has 0 fully saturated rings. The second-order valence-electron chi connectivity index (χ2n) is 1.22. The van der Waals surface area contributed by atoms with Crippen LogP contribution in [0.4, 0.5) is 0 Å². The lowest BCUT2D eigenvalue weighted by molar-refractivity contribution is 0.240. The molecule has 0 atom stereocenters. The van der Waals surface area contributed by atoms with Crippen LogP contribution in [0.15, 0.2) is 0 Å². The van der Waals surface area contributed by atoms with Crippen LogP contribution < -0.4 is 0 Å². The van der Waals surface area contributed by atoms with Crippen LogP contribution in [0.5, 0.6) is 0 Å². The molecule has 0 unspecified atom stereocenters. The van der Waals surface area contributed by atoms with Crippen LogP contribution in [-0.4, -0.2) is 25.7 Å². The molecular weight excluding hydrogens is 120 g/mol. The zero-order valence-electron chi connectivity index (χ0n) is 5.23. The van der Waals surface area contributed by atoms with E-state index in [1.54, 1.807) is 18.9 Å². The zero-order valence-corrected chi connectivity index (χ0v) is 6.05. The van der Waals surface area contributed by atoms with E-state index in [1.807, 2.05) is 6.26 Å². The van der Waals surface area contributed by atoms with E-state index in [4.69, 9.17) is 4.74 Å². The Balaban J connectivity index is 2.95. The van der Waals surface area contributed by atoms with E-state index in [9.17, 15) is 0 Å². The largest absolute Gasteiger partial charge is 0.372 e. The van der Waals surface area contributed by atoms with E-state index in [0.717, 1.165) is 5.75 Å². The number of rotatable bonds is 2. The van der Waals surface area contributed by atoms with E-state index in [2.05, 4.69) is 11.8 Å². The molecule has 0 aliphatic carbocycles. The van der Waals surface area contributed by atoms with Gasteiger partial charge < -0.3 is 4.74 Å². The lowest BCUT2D eigenvalue weighted by Gasteiger charge is -1.81. The molecule has 0 saturated carbocycles. The highest BCUT2D eigenvalue weighted by molar-refractivity contribution is 7.98. The van der Waals surface area contributed by atoms with Crippen LogP contribution >= 0.6 is 11.8 Å². The smallest absolute Gasteiger partial charge is 0.107 e. The van der Waals surface area contributed by atoms with Crippen LogP contribution in [0.3, 0.4) is 0 Å². The molecule has 0 rings (SSSR count). The summed E-state index contributed by atoms with van der Waals surface area (Å²) in [6.07, 6.45) is 2.03. The van der Waals surface area contributed by atoms with Crippen molar-refractivity contribution in [2.24, 2.45) is 0 Å². The Kier molecular flexibility index (Phi) is 6.76. The lowest BCUT2D eigenvalue weighted by atomic mass is 10.6. The molecule has 0 aromatic heterocycles. The number of hydrogen-bond acceptors (Lipinski definition) is 2. The van der Waals surface area contributed by atoms with Gasteiger partial charge in [-0.1, -0.05) is 11.8 Å². The SMILES string of the molecule is COCC#CCSC. The van der Waals surface area contributed by atoms with Gasteiger partial charge >= 0.3 is 0 Å². The van der Waals surface area contributed by atoms with Crippen LogP contribution in [-0.2, 0) is 4.74 Å². The van der Waals surface area contributed by atoms with Gasteiger partial charge in [-0.2, -0.15) is 11.8 Å². The minimum Gasteiger partial charge on any atom is -0.372 e. The van der Waals surface area contributed by atoms with Crippen molar-refractivity contribution in [2.75, 3.05) is 25.7 Å². The molecule has 0 spiro atoms. The minimum atomic E-state index is 0.556. The summed E-state index contributed by atoms with van der Waals surface area (Å²) < 4.78 is 4.71. The molecule has 1 nitrogen and oxygen atoms in total. The standard InChI is InChI=1S/C6H10OS/c1-7-5-3-4-6-8-2/h5-6H2,1-2H3. The molecule has 0 aliphatic rings. The van der Waals surface area contributed by atoms with E-state index >= 15 is 0 Å². The maximum Gasteiger partial charge on any atom is 0.107 e. The molecule has 8 heavy (non-hydrogen) atoms. The third-order valence-electron chi connectivity index (χ3n) is 0.558. The molecule has 0 aliphatic heterocycles. The Morgan fingerprint density at radius 1 is 1.50 bits per heavy atom. The highest BCUT2D eigenvalue weighted by atomic mass is 32.2. The highest BCUT2D eigenvalue weighted by Gasteiger charge is 1.68. The molecule has 2 heteroatoms. The Hall–Kier alpha value is -0.130. The first-order chi connectivity index (χ1) is 3.91. The van der Waals surface area contributed by atoms with Crippen LogP contribution in [0.2, 0.25) is 0 Å².